The van der Waals surface area contributed by atoms with Crippen LogP contribution in [0.4, 0.5) is 4.39 Å². The molecule has 1 aromatic heterocycles. The number of thioether (sulfide) groups is 1. The van der Waals surface area contributed by atoms with Crippen LogP contribution in [-0.4, -0.2) is 27.5 Å². The summed E-state index contributed by atoms with van der Waals surface area (Å²) in [6.07, 6.45) is 2.38. The van der Waals surface area contributed by atoms with Gasteiger partial charge in [0.25, 0.3) is 0 Å². The SMILES string of the molecule is Fc1ccc(OCCCSc2ncn[nH]2)cc1. The molecule has 1 heterocycles. The molecule has 0 spiro atoms. The lowest BCUT2D eigenvalue weighted by molar-refractivity contribution is 0.318. The van der Waals surface area contributed by atoms with Crippen molar-refractivity contribution in [3.8, 4) is 5.75 Å². The number of aromatic nitrogens is 3. The number of ether oxygens (including phenoxy) is 1. The third kappa shape index (κ3) is 4.07. The summed E-state index contributed by atoms with van der Waals surface area (Å²) in [5.74, 6) is 1.34. The van der Waals surface area contributed by atoms with Crippen LogP contribution in [0, 0.1) is 5.82 Å². The maximum atomic E-state index is 12.6. The number of nitrogens with one attached hydrogen (secondary N) is 1. The molecular weight excluding hydrogens is 241 g/mol. The van der Waals surface area contributed by atoms with Crippen molar-refractivity contribution in [2.24, 2.45) is 0 Å². The monoisotopic (exact) mass is 253 g/mol. The van der Waals surface area contributed by atoms with Crippen LogP contribution in [0.25, 0.3) is 0 Å². The van der Waals surface area contributed by atoms with Crippen molar-refractivity contribution in [1.29, 1.82) is 0 Å². The lowest BCUT2D eigenvalue weighted by atomic mass is 10.3. The van der Waals surface area contributed by atoms with Gasteiger partial charge in [-0.1, -0.05) is 11.8 Å². The molecular formula is C11H12FN3OS. The highest BCUT2D eigenvalue weighted by molar-refractivity contribution is 7.99. The second-order valence-corrected chi connectivity index (χ2v) is 4.38. The van der Waals surface area contributed by atoms with Gasteiger partial charge in [0.05, 0.1) is 6.61 Å². The van der Waals surface area contributed by atoms with E-state index in [0.29, 0.717) is 12.4 Å². The molecule has 17 heavy (non-hydrogen) atoms. The zero-order valence-corrected chi connectivity index (χ0v) is 9.91. The number of nitrogens with zero attached hydrogens (tertiary/aromatic N) is 2. The molecule has 0 saturated heterocycles. The Morgan fingerprint density at radius 3 is 2.82 bits per heavy atom. The van der Waals surface area contributed by atoms with Crippen LogP contribution in [0.5, 0.6) is 5.75 Å². The molecule has 6 heteroatoms. The first-order valence-electron chi connectivity index (χ1n) is 5.21. The summed E-state index contributed by atoms with van der Waals surface area (Å²) < 4.78 is 18.1. The Morgan fingerprint density at radius 1 is 1.29 bits per heavy atom. The van der Waals surface area contributed by atoms with Crippen LogP contribution in [0.3, 0.4) is 0 Å². The van der Waals surface area contributed by atoms with Crippen LogP contribution < -0.4 is 4.74 Å². The largest absolute Gasteiger partial charge is 0.494 e. The first-order valence-corrected chi connectivity index (χ1v) is 6.20. The van der Waals surface area contributed by atoms with Gasteiger partial charge in [0.2, 0.25) is 0 Å². The number of aromatic amines is 1. The molecule has 0 bridgehead atoms. The molecule has 4 nitrogen and oxygen atoms in total. The van der Waals surface area contributed by atoms with Crippen LogP contribution in [-0.2, 0) is 0 Å². The van der Waals surface area contributed by atoms with Crippen LogP contribution >= 0.6 is 11.8 Å². The molecule has 0 unspecified atom stereocenters. The summed E-state index contributed by atoms with van der Waals surface area (Å²) in [4.78, 5) is 4.00. The fourth-order valence-corrected chi connectivity index (χ4v) is 1.91. The number of benzene rings is 1. The van der Waals surface area contributed by atoms with Crippen molar-refractivity contribution in [2.45, 2.75) is 11.6 Å². The second kappa shape index (κ2) is 6.24. The smallest absolute Gasteiger partial charge is 0.183 e. The summed E-state index contributed by atoms with van der Waals surface area (Å²) in [6.45, 7) is 0.604. The van der Waals surface area contributed by atoms with E-state index in [1.54, 1.807) is 23.9 Å². The van der Waals surface area contributed by atoms with E-state index >= 15 is 0 Å². The number of rotatable bonds is 6. The van der Waals surface area contributed by atoms with E-state index in [1.807, 2.05) is 0 Å². The number of halogens is 1. The highest BCUT2D eigenvalue weighted by Gasteiger charge is 1.97. The van der Waals surface area contributed by atoms with E-state index in [1.165, 1.54) is 18.5 Å². The van der Waals surface area contributed by atoms with Gasteiger partial charge < -0.3 is 4.74 Å². The quantitative estimate of drug-likeness (QED) is 0.635. The average molecular weight is 253 g/mol. The van der Waals surface area contributed by atoms with Crippen molar-refractivity contribution < 1.29 is 9.13 Å². The molecule has 90 valence electrons. The van der Waals surface area contributed by atoms with Gasteiger partial charge in [0.15, 0.2) is 5.16 Å². The molecule has 2 rings (SSSR count). The van der Waals surface area contributed by atoms with Crippen molar-refractivity contribution >= 4 is 11.8 Å². The molecule has 0 fully saturated rings. The summed E-state index contributed by atoms with van der Waals surface area (Å²) in [5.41, 5.74) is 0. The van der Waals surface area contributed by atoms with Crippen molar-refractivity contribution in [2.75, 3.05) is 12.4 Å². The fraction of sp³-hybridized carbons (Fsp3) is 0.273. The standard InChI is InChI=1S/C11H12FN3OS/c12-9-2-4-10(5-3-9)16-6-1-7-17-11-13-8-14-15-11/h2-5,8H,1,6-7H2,(H,13,14,15). The summed E-state index contributed by atoms with van der Waals surface area (Å²) in [7, 11) is 0. The van der Waals surface area contributed by atoms with Crippen LogP contribution in [0.1, 0.15) is 6.42 Å². The molecule has 0 atom stereocenters. The minimum absolute atomic E-state index is 0.252. The van der Waals surface area contributed by atoms with Crippen molar-refractivity contribution in [3.05, 3.63) is 36.4 Å². The Kier molecular flexibility index (Phi) is 4.37. The molecule has 0 amide bonds. The van der Waals surface area contributed by atoms with Gasteiger partial charge in [-0.3, -0.25) is 5.10 Å². The number of H-pyrrole nitrogens is 1. The van der Waals surface area contributed by atoms with Gasteiger partial charge in [-0.2, -0.15) is 5.10 Å². The first-order chi connectivity index (χ1) is 8.34. The van der Waals surface area contributed by atoms with Gasteiger partial charge in [-0.15, -0.1) is 0 Å². The maximum absolute atomic E-state index is 12.6. The Labute approximate surface area is 103 Å². The van der Waals surface area contributed by atoms with E-state index in [0.717, 1.165) is 17.3 Å². The normalized spacial score (nSPS) is 10.4. The number of hydrogen-bond acceptors (Lipinski definition) is 4. The molecule has 0 radical (unpaired) electrons. The van der Waals surface area contributed by atoms with E-state index in [4.69, 9.17) is 4.74 Å². The Morgan fingerprint density at radius 2 is 2.12 bits per heavy atom. The van der Waals surface area contributed by atoms with Crippen molar-refractivity contribution in [3.63, 3.8) is 0 Å². The summed E-state index contributed by atoms with van der Waals surface area (Å²) in [5, 5.41) is 7.34. The average Bonchev–Trinajstić information content (AvgIpc) is 2.84. The van der Waals surface area contributed by atoms with Gasteiger partial charge >= 0.3 is 0 Å². The summed E-state index contributed by atoms with van der Waals surface area (Å²) >= 11 is 1.60. The van der Waals surface area contributed by atoms with Gasteiger partial charge in [-0.05, 0) is 30.7 Å². The van der Waals surface area contributed by atoms with Crippen LogP contribution in [0.2, 0.25) is 0 Å². The van der Waals surface area contributed by atoms with E-state index in [-0.39, 0.29) is 5.82 Å². The molecule has 0 aliphatic heterocycles. The molecule has 2 aromatic rings. The number of hydrogen-bond donors (Lipinski definition) is 1. The topological polar surface area (TPSA) is 50.8 Å². The van der Waals surface area contributed by atoms with E-state index in [2.05, 4.69) is 15.2 Å². The van der Waals surface area contributed by atoms with Crippen LogP contribution in [0.15, 0.2) is 35.7 Å². The Balaban J connectivity index is 1.61. The predicted octanol–water partition coefficient (Wildman–Crippen LogP) is 2.50. The predicted molar refractivity (Wildman–Crippen MR) is 63.6 cm³/mol. The van der Waals surface area contributed by atoms with Gasteiger partial charge in [0.1, 0.15) is 17.9 Å². The highest BCUT2D eigenvalue weighted by Crippen LogP contribution is 2.14. The van der Waals surface area contributed by atoms with Crippen molar-refractivity contribution in [1.82, 2.24) is 15.2 Å². The van der Waals surface area contributed by atoms with Gasteiger partial charge in [-0.25, -0.2) is 9.37 Å². The van der Waals surface area contributed by atoms with E-state index < -0.39 is 0 Å². The fourth-order valence-electron chi connectivity index (χ4n) is 1.21. The van der Waals surface area contributed by atoms with E-state index in [9.17, 15) is 4.39 Å². The zero-order valence-electron chi connectivity index (χ0n) is 9.10. The third-order valence-corrected chi connectivity index (χ3v) is 2.97. The molecule has 1 N–H and O–H groups in total. The minimum atomic E-state index is -0.252. The minimum Gasteiger partial charge on any atom is -0.494 e. The maximum Gasteiger partial charge on any atom is 0.183 e. The first kappa shape index (κ1) is 11.9. The Bertz CT molecular complexity index is 432. The van der Waals surface area contributed by atoms with Gasteiger partial charge in [0, 0.05) is 5.75 Å². The second-order valence-electron chi connectivity index (χ2n) is 3.30. The summed E-state index contributed by atoms with van der Waals surface area (Å²) in [6, 6.07) is 6.02. The molecule has 0 aliphatic rings. The Hall–Kier alpha value is -1.56. The highest BCUT2D eigenvalue weighted by atomic mass is 32.2. The zero-order chi connectivity index (χ0) is 11.9. The molecule has 0 saturated carbocycles. The molecule has 1 aromatic carbocycles. The lowest BCUT2D eigenvalue weighted by Gasteiger charge is -2.04. The third-order valence-electron chi connectivity index (χ3n) is 2.00. The lowest BCUT2D eigenvalue weighted by Crippen LogP contribution is -1.98. The molecule has 0 aliphatic carbocycles.